The molecule has 0 atom stereocenters. The Hall–Kier alpha value is -0.0900. The molecule has 1 aliphatic rings. The van der Waals surface area contributed by atoms with Crippen molar-refractivity contribution in [2.75, 3.05) is 0 Å². The Morgan fingerprint density at radius 3 is 2.80 bits per heavy atom. The zero-order valence-corrected chi connectivity index (χ0v) is 11.4. The minimum absolute atomic E-state index is 0.765. The van der Waals surface area contributed by atoms with E-state index in [0.717, 1.165) is 12.6 Å². The van der Waals surface area contributed by atoms with Gasteiger partial charge in [-0.3, -0.25) is 0 Å². The van der Waals surface area contributed by atoms with Crippen LogP contribution in [0.1, 0.15) is 36.8 Å². The molecule has 0 bridgehead atoms. The fraction of sp³-hybridized carbons (Fsp3) is 0.538. The van der Waals surface area contributed by atoms with E-state index in [4.69, 9.17) is 0 Å². The molecule has 2 heteroatoms. The largest absolute Gasteiger partial charge is 0.310 e. The fourth-order valence-electron chi connectivity index (χ4n) is 2.23. The highest BCUT2D eigenvalue weighted by molar-refractivity contribution is 14.1. The molecule has 82 valence electrons. The number of rotatable bonds is 3. The number of halogens is 1. The molecule has 1 N–H and O–H groups in total. The van der Waals surface area contributed by atoms with Crippen molar-refractivity contribution >= 4 is 22.6 Å². The normalized spacial score (nSPS) is 17.2. The van der Waals surface area contributed by atoms with E-state index in [2.05, 4.69) is 53.0 Å². The summed E-state index contributed by atoms with van der Waals surface area (Å²) >= 11 is 2.45. The van der Waals surface area contributed by atoms with Gasteiger partial charge in [0.05, 0.1) is 0 Å². The van der Waals surface area contributed by atoms with Crippen molar-refractivity contribution in [3.05, 3.63) is 32.9 Å². The van der Waals surface area contributed by atoms with Gasteiger partial charge >= 0.3 is 0 Å². The quantitative estimate of drug-likeness (QED) is 0.840. The van der Waals surface area contributed by atoms with E-state index in [1.54, 1.807) is 0 Å². The Balaban J connectivity index is 1.95. The van der Waals surface area contributed by atoms with E-state index in [9.17, 15) is 0 Å². The summed E-state index contributed by atoms with van der Waals surface area (Å²) in [4.78, 5) is 0. The van der Waals surface area contributed by atoms with Crippen LogP contribution in [0.5, 0.6) is 0 Å². The first-order valence-corrected chi connectivity index (χ1v) is 6.82. The number of hydrogen-bond donors (Lipinski definition) is 1. The molecular weight excluding hydrogens is 297 g/mol. The standard InChI is InChI=1S/C13H18IN/c1-10-5-4-6-11(13(10)14)9-15-12-7-2-3-8-12/h4-6,12,15H,2-3,7-9H2,1H3. The number of benzene rings is 1. The van der Waals surface area contributed by atoms with E-state index in [1.807, 2.05) is 0 Å². The Kier molecular flexibility index (Phi) is 4.03. The van der Waals surface area contributed by atoms with Crippen LogP contribution < -0.4 is 5.32 Å². The van der Waals surface area contributed by atoms with Gasteiger partial charge in [0, 0.05) is 16.2 Å². The topological polar surface area (TPSA) is 12.0 Å². The summed E-state index contributed by atoms with van der Waals surface area (Å²) in [6.45, 7) is 3.21. The minimum atomic E-state index is 0.765. The van der Waals surface area contributed by atoms with Crippen LogP contribution in [0.4, 0.5) is 0 Å². The molecule has 0 aliphatic heterocycles. The maximum atomic E-state index is 3.66. The third-order valence-corrected chi connectivity index (χ3v) is 4.75. The van der Waals surface area contributed by atoms with Crippen LogP contribution in [-0.4, -0.2) is 6.04 Å². The van der Waals surface area contributed by atoms with Gasteiger partial charge in [0.1, 0.15) is 0 Å². The van der Waals surface area contributed by atoms with Gasteiger partial charge in [-0.1, -0.05) is 31.0 Å². The molecule has 1 aliphatic carbocycles. The molecule has 1 nitrogen and oxygen atoms in total. The third-order valence-electron chi connectivity index (χ3n) is 3.21. The molecule has 0 heterocycles. The van der Waals surface area contributed by atoms with E-state index in [-0.39, 0.29) is 0 Å². The average molecular weight is 315 g/mol. The lowest BCUT2D eigenvalue weighted by Gasteiger charge is -2.13. The predicted molar refractivity (Wildman–Crippen MR) is 73.0 cm³/mol. The predicted octanol–water partition coefficient (Wildman–Crippen LogP) is 3.63. The molecule has 0 amide bonds. The maximum Gasteiger partial charge on any atom is 0.0218 e. The van der Waals surface area contributed by atoms with Gasteiger partial charge in [-0.15, -0.1) is 0 Å². The lowest BCUT2D eigenvalue weighted by atomic mass is 10.1. The van der Waals surface area contributed by atoms with Crippen molar-refractivity contribution in [2.45, 2.75) is 45.2 Å². The third kappa shape index (κ3) is 2.94. The molecule has 1 aromatic rings. The summed E-state index contributed by atoms with van der Waals surface area (Å²) in [6, 6.07) is 7.34. The second-order valence-corrected chi connectivity index (χ2v) is 5.49. The summed E-state index contributed by atoms with van der Waals surface area (Å²) in [6.07, 6.45) is 5.54. The maximum absolute atomic E-state index is 3.66. The van der Waals surface area contributed by atoms with E-state index < -0.39 is 0 Å². The van der Waals surface area contributed by atoms with Gasteiger partial charge in [0.15, 0.2) is 0 Å². The average Bonchev–Trinajstić information content (AvgIpc) is 2.73. The Bertz CT molecular complexity index is 329. The SMILES string of the molecule is Cc1cccc(CNC2CCCC2)c1I. The second kappa shape index (κ2) is 5.30. The van der Waals surface area contributed by atoms with Gasteiger partial charge in [-0.05, 0) is 53.5 Å². The molecule has 1 fully saturated rings. The fourth-order valence-corrected chi connectivity index (χ4v) is 2.78. The first kappa shape index (κ1) is 11.4. The Labute approximate surface area is 106 Å². The van der Waals surface area contributed by atoms with E-state index in [0.29, 0.717) is 0 Å². The molecule has 0 spiro atoms. The molecule has 1 saturated carbocycles. The summed E-state index contributed by atoms with van der Waals surface area (Å²) in [5.74, 6) is 0. The van der Waals surface area contributed by atoms with Crippen LogP contribution in [0, 0.1) is 10.5 Å². The molecule has 15 heavy (non-hydrogen) atoms. The molecule has 0 saturated heterocycles. The van der Waals surface area contributed by atoms with Gasteiger partial charge in [0.25, 0.3) is 0 Å². The van der Waals surface area contributed by atoms with Crippen molar-refractivity contribution in [1.82, 2.24) is 5.32 Å². The molecule has 0 aromatic heterocycles. The first-order valence-electron chi connectivity index (χ1n) is 5.75. The smallest absolute Gasteiger partial charge is 0.0218 e. The minimum Gasteiger partial charge on any atom is -0.310 e. The number of hydrogen-bond acceptors (Lipinski definition) is 1. The van der Waals surface area contributed by atoms with Gasteiger partial charge in [0.2, 0.25) is 0 Å². The zero-order chi connectivity index (χ0) is 10.7. The molecule has 1 aromatic carbocycles. The van der Waals surface area contributed by atoms with Crippen LogP contribution in [-0.2, 0) is 6.54 Å². The van der Waals surface area contributed by atoms with Crippen LogP contribution >= 0.6 is 22.6 Å². The summed E-state index contributed by atoms with van der Waals surface area (Å²) in [5, 5.41) is 3.66. The van der Waals surface area contributed by atoms with Crippen molar-refractivity contribution in [3.8, 4) is 0 Å². The highest BCUT2D eigenvalue weighted by Crippen LogP contribution is 2.20. The number of aryl methyl sites for hydroxylation is 1. The van der Waals surface area contributed by atoms with Crippen molar-refractivity contribution in [3.63, 3.8) is 0 Å². The molecule has 0 unspecified atom stereocenters. The summed E-state index contributed by atoms with van der Waals surface area (Å²) in [7, 11) is 0. The monoisotopic (exact) mass is 315 g/mol. The van der Waals surface area contributed by atoms with Crippen LogP contribution in [0.2, 0.25) is 0 Å². The van der Waals surface area contributed by atoms with E-state index >= 15 is 0 Å². The summed E-state index contributed by atoms with van der Waals surface area (Å²) in [5.41, 5.74) is 2.84. The lowest BCUT2D eigenvalue weighted by Crippen LogP contribution is -2.25. The van der Waals surface area contributed by atoms with Crippen LogP contribution in [0.3, 0.4) is 0 Å². The van der Waals surface area contributed by atoms with Crippen molar-refractivity contribution in [1.29, 1.82) is 0 Å². The first-order chi connectivity index (χ1) is 7.27. The second-order valence-electron chi connectivity index (χ2n) is 4.41. The van der Waals surface area contributed by atoms with Crippen LogP contribution in [0.25, 0.3) is 0 Å². The van der Waals surface area contributed by atoms with Gasteiger partial charge in [-0.2, -0.15) is 0 Å². The highest BCUT2D eigenvalue weighted by Gasteiger charge is 2.14. The lowest BCUT2D eigenvalue weighted by molar-refractivity contribution is 0.523. The van der Waals surface area contributed by atoms with Crippen LogP contribution in [0.15, 0.2) is 18.2 Å². The number of nitrogens with one attached hydrogen (secondary N) is 1. The highest BCUT2D eigenvalue weighted by atomic mass is 127. The Morgan fingerprint density at radius 2 is 2.07 bits per heavy atom. The molecule has 0 radical (unpaired) electrons. The molecule has 2 rings (SSSR count). The molecular formula is C13H18IN. The van der Waals surface area contributed by atoms with Gasteiger partial charge in [-0.25, -0.2) is 0 Å². The van der Waals surface area contributed by atoms with Gasteiger partial charge < -0.3 is 5.32 Å². The van der Waals surface area contributed by atoms with Crippen molar-refractivity contribution in [2.24, 2.45) is 0 Å². The summed E-state index contributed by atoms with van der Waals surface area (Å²) < 4.78 is 1.42. The van der Waals surface area contributed by atoms with Crippen molar-refractivity contribution < 1.29 is 0 Å². The Morgan fingerprint density at radius 1 is 1.33 bits per heavy atom. The zero-order valence-electron chi connectivity index (χ0n) is 9.22. The van der Waals surface area contributed by atoms with E-state index in [1.165, 1.54) is 40.4 Å².